The van der Waals surface area contributed by atoms with Gasteiger partial charge >= 0.3 is 0 Å². The van der Waals surface area contributed by atoms with Gasteiger partial charge < -0.3 is 0 Å². The summed E-state index contributed by atoms with van der Waals surface area (Å²) in [5.41, 5.74) is 0.714. The van der Waals surface area contributed by atoms with Crippen LogP contribution in [0.2, 0.25) is 5.15 Å². The molecule has 66 valence electrons. The average Bonchev–Trinajstić information content (AvgIpc) is 1.92. The Morgan fingerprint density at radius 2 is 1.92 bits per heavy atom. The monoisotopic (exact) mass is 187 g/mol. The Hall–Kier alpha value is -0.630. The summed E-state index contributed by atoms with van der Waals surface area (Å²) in [6.45, 7) is 6.01. The van der Waals surface area contributed by atoms with Gasteiger partial charge in [-0.05, 0) is 12.1 Å². The van der Waals surface area contributed by atoms with Crippen molar-refractivity contribution < 1.29 is 4.39 Å². The molecule has 3 heteroatoms. The highest BCUT2D eigenvalue weighted by atomic mass is 35.5. The Labute approximate surface area is 76.6 Å². The molecular weight excluding hydrogens is 177 g/mol. The molecular formula is C9H11ClFN. The molecule has 0 aliphatic rings. The Kier molecular flexibility index (Phi) is 2.38. The number of hydrogen-bond donors (Lipinski definition) is 0. The van der Waals surface area contributed by atoms with Gasteiger partial charge in [-0.3, -0.25) is 0 Å². The van der Waals surface area contributed by atoms with Crippen LogP contribution in [0.4, 0.5) is 4.39 Å². The summed E-state index contributed by atoms with van der Waals surface area (Å²) in [5, 5.41) is -0.0533. The fourth-order valence-electron chi connectivity index (χ4n) is 0.835. The number of nitrogens with zero attached hydrogens (tertiary/aromatic N) is 1. The molecule has 1 heterocycles. The first kappa shape index (κ1) is 9.46. The molecule has 0 fully saturated rings. The van der Waals surface area contributed by atoms with Crippen LogP contribution in [-0.4, -0.2) is 4.98 Å². The zero-order chi connectivity index (χ0) is 9.35. The van der Waals surface area contributed by atoms with E-state index in [0.29, 0.717) is 0 Å². The fraction of sp³-hybridized carbons (Fsp3) is 0.444. The van der Waals surface area contributed by atoms with E-state index < -0.39 is 5.82 Å². The lowest BCUT2D eigenvalue weighted by molar-refractivity contribution is 0.558. The summed E-state index contributed by atoms with van der Waals surface area (Å²) in [6.07, 6.45) is 0. The van der Waals surface area contributed by atoms with Gasteiger partial charge in [0, 0.05) is 11.1 Å². The third-order valence-corrected chi connectivity index (χ3v) is 1.84. The maximum Gasteiger partial charge on any atom is 0.165 e. The van der Waals surface area contributed by atoms with Crippen molar-refractivity contribution in [3.8, 4) is 0 Å². The van der Waals surface area contributed by atoms with Crippen molar-refractivity contribution in [1.29, 1.82) is 0 Å². The standard InChI is InChI=1S/C9H11ClFN/c1-9(2,3)7-5-4-6(11)8(10)12-7/h4-5H,1-3H3. The zero-order valence-electron chi connectivity index (χ0n) is 7.36. The van der Waals surface area contributed by atoms with Crippen LogP contribution in [-0.2, 0) is 5.41 Å². The minimum Gasteiger partial charge on any atom is -0.238 e. The first-order valence-corrected chi connectivity index (χ1v) is 4.11. The lowest BCUT2D eigenvalue weighted by atomic mass is 9.92. The van der Waals surface area contributed by atoms with Crippen LogP contribution in [0, 0.1) is 5.82 Å². The smallest absolute Gasteiger partial charge is 0.165 e. The summed E-state index contributed by atoms with van der Waals surface area (Å²) in [4.78, 5) is 3.93. The van der Waals surface area contributed by atoms with Crippen LogP contribution in [0.15, 0.2) is 12.1 Å². The lowest BCUT2D eigenvalue weighted by Crippen LogP contribution is -2.13. The number of pyridine rings is 1. The third kappa shape index (κ3) is 1.95. The SMILES string of the molecule is CC(C)(C)c1ccc(F)c(Cl)n1. The second-order valence-corrected chi connectivity index (χ2v) is 4.08. The third-order valence-electron chi connectivity index (χ3n) is 1.57. The van der Waals surface area contributed by atoms with Gasteiger partial charge in [-0.2, -0.15) is 0 Å². The predicted octanol–water partition coefficient (Wildman–Crippen LogP) is 3.17. The summed E-state index contributed by atoms with van der Waals surface area (Å²) in [5.74, 6) is -0.468. The fourth-order valence-corrected chi connectivity index (χ4v) is 0.989. The molecule has 0 aliphatic carbocycles. The number of hydrogen-bond acceptors (Lipinski definition) is 1. The van der Waals surface area contributed by atoms with Crippen molar-refractivity contribution in [2.45, 2.75) is 26.2 Å². The Morgan fingerprint density at radius 3 is 2.33 bits per heavy atom. The van der Waals surface area contributed by atoms with Crippen LogP contribution in [0.3, 0.4) is 0 Å². The van der Waals surface area contributed by atoms with Gasteiger partial charge in [0.2, 0.25) is 0 Å². The molecule has 0 N–H and O–H groups in total. The lowest BCUT2D eigenvalue weighted by Gasteiger charge is -2.17. The Morgan fingerprint density at radius 1 is 1.33 bits per heavy atom. The zero-order valence-corrected chi connectivity index (χ0v) is 8.11. The van der Waals surface area contributed by atoms with Gasteiger partial charge in [0.1, 0.15) is 0 Å². The molecule has 0 amide bonds. The van der Waals surface area contributed by atoms with Crippen molar-refractivity contribution in [2.24, 2.45) is 0 Å². The number of halogens is 2. The highest BCUT2D eigenvalue weighted by Gasteiger charge is 2.16. The second-order valence-electron chi connectivity index (χ2n) is 3.72. The van der Waals surface area contributed by atoms with Crippen LogP contribution in [0.1, 0.15) is 26.5 Å². The van der Waals surface area contributed by atoms with E-state index in [9.17, 15) is 4.39 Å². The topological polar surface area (TPSA) is 12.9 Å². The van der Waals surface area contributed by atoms with Crippen LogP contribution in [0.25, 0.3) is 0 Å². The maximum atomic E-state index is 12.7. The molecule has 0 saturated carbocycles. The molecule has 0 unspecified atom stereocenters. The summed E-state index contributed by atoms with van der Waals surface area (Å²) >= 11 is 5.53. The quantitative estimate of drug-likeness (QED) is 0.569. The van der Waals surface area contributed by atoms with Crippen LogP contribution < -0.4 is 0 Å². The average molecular weight is 188 g/mol. The van der Waals surface area contributed by atoms with E-state index in [0.717, 1.165) is 5.69 Å². The molecule has 0 saturated heterocycles. The molecule has 1 rings (SSSR count). The van der Waals surface area contributed by atoms with Gasteiger partial charge in [-0.1, -0.05) is 32.4 Å². The Balaban J connectivity index is 3.14. The maximum absolute atomic E-state index is 12.7. The molecule has 1 aromatic rings. The first-order chi connectivity index (χ1) is 5.41. The van der Waals surface area contributed by atoms with Gasteiger partial charge in [0.15, 0.2) is 11.0 Å². The van der Waals surface area contributed by atoms with Crippen molar-refractivity contribution in [2.75, 3.05) is 0 Å². The Bertz CT molecular complexity index is 291. The van der Waals surface area contributed by atoms with Crippen molar-refractivity contribution in [3.05, 3.63) is 28.8 Å². The second kappa shape index (κ2) is 3.02. The van der Waals surface area contributed by atoms with E-state index in [2.05, 4.69) is 4.98 Å². The van der Waals surface area contributed by atoms with Crippen molar-refractivity contribution in [1.82, 2.24) is 4.98 Å². The number of aromatic nitrogens is 1. The minimum absolute atomic E-state index is 0.0533. The molecule has 1 nitrogen and oxygen atoms in total. The van der Waals surface area contributed by atoms with E-state index in [-0.39, 0.29) is 10.6 Å². The summed E-state index contributed by atoms with van der Waals surface area (Å²) in [7, 11) is 0. The molecule has 0 radical (unpaired) electrons. The van der Waals surface area contributed by atoms with E-state index >= 15 is 0 Å². The van der Waals surface area contributed by atoms with Crippen molar-refractivity contribution in [3.63, 3.8) is 0 Å². The molecule has 0 aliphatic heterocycles. The summed E-state index contributed by atoms with van der Waals surface area (Å²) in [6, 6.07) is 3.00. The molecule has 0 spiro atoms. The highest BCUT2D eigenvalue weighted by Crippen LogP contribution is 2.22. The van der Waals surface area contributed by atoms with Gasteiger partial charge in [-0.25, -0.2) is 9.37 Å². The van der Waals surface area contributed by atoms with E-state index in [1.807, 2.05) is 20.8 Å². The van der Waals surface area contributed by atoms with Crippen LogP contribution in [0.5, 0.6) is 0 Å². The van der Waals surface area contributed by atoms with Gasteiger partial charge in [0.05, 0.1) is 0 Å². The highest BCUT2D eigenvalue weighted by molar-refractivity contribution is 6.29. The van der Waals surface area contributed by atoms with E-state index in [1.165, 1.54) is 6.07 Å². The predicted molar refractivity (Wildman–Crippen MR) is 47.9 cm³/mol. The largest absolute Gasteiger partial charge is 0.238 e. The van der Waals surface area contributed by atoms with E-state index in [4.69, 9.17) is 11.6 Å². The van der Waals surface area contributed by atoms with Crippen molar-refractivity contribution >= 4 is 11.6 Å². The van der Waals surface area contributed by atoms with Crippen LogP contribution >= 0.6 is 11.6 Å². The molecule has 0 bridgehead atoms. The number of rotatable bonds is 0. The molecule has 1 aromatic heterocycles. The minimum atomic E-state index is -0.468. The first-order valence-electron chi connectivity index (χ1n) is 3.74. The normalized spacial score (nSPS) is 11.8. The van der Waals surface area contributed by atoms with E-state index in [1.54, 1.807) is 6.07 Å². The summed E-state index contributed by atoms with van der Waals surface area (Å²) < 4.78 is 12.7. The molecule has 12 heavy (non-hydrogen) atoms. The van der Waals surface area contributed by atoms with Gasteiger partial charge in [0.25, 0.3) is 0 Å². The molecule has 0 aromatic carbocycles. The molecule has 0 atom stereocenters. The van der Waals surface area contributed by atoms with Gasteiger partial charge in [-0.15, -0.1) is 0 Å².